The van der Waals surface area contributed by atoms with Gasteiger partial charge >= 0.3 is 0 Å². The van der Waals surface area contributed by atoms with Crippen molar-refractivity contribution in [1.29, 1.82) is 0 Å². The van der Waals surface area contributed by atoms with Crippen LogP contribution in [0.3, 0.4) is 0 Å². The largest absolute Gasteiger partial charge is 0.490 e. The molecule has 0 aliphatic carbocycles. The van der Waals surface area contributed by atoms with Crippen molar-refractivity contribution >= 4 is 22.2 Å². The molecule has 0 saturated carbocycles. The van der Waals surface area contributed by atoms with E-state index in [4.69, 9.17) is 9.26 Å². The van der Waals surface area contributed by atoms with E-state index in [1.807, 2.05) is 32.0 Å². The van der Waals surface area contributed by atoms with Gasteiger partial charge in [0.05, 0.1) is 10.6 Å². The molecule has 5 nitrogen and oxygen atoms in total. The van der Waals surface area contributed by atoms with E-state index in [9.17, 15) is 4.79 Å². The van der Waals surface area contributed by atoms with Crippen LogP contribution in [0.15, 0.2) is 51.5 Å². The summed E-state index contributed by atoms with van der Waals surface area (Å²) in [7, 11) is 0. The summed E-state index contributed by atoms with van der Waals surface area (Å²) < 4.78 is 11.8. The Morgan fingerprint density at radius 3 is 2.46 bits per heavy atom. The van der Waals surface area contributed by atoms with Crippen LogP contribution in [-0.4, -0.2) is 22.5 Å². The average molecular weight is 387 g/mol. The molecule has 0 spiro atoms. The predicted molar refractivity (Wildman–Crippen MR) is 94.0 cm³/mol. The standard InChI is InChI=1S/C18H15BrN2O3/c1-11(2)23-16-8-7-14(9-15(16)19)17-20-18(24-21-17)13-5-3-12(10-22)4-6-13/h3-11H,1-2H3. The molecule has 3 aromatic rings. The van der Waals surface area contributed by atoms with Gasteiger partial charge in [0.25, 0.3) is 5.89 Å². The molecule has 1 aromatic heterocycles. The van der Waals surface area contributed by atoms with Crippen molar-refractivity contribution in [1.82, 2.24) is 10.1 Å². The smallest absolute Gasteiger partial charge is 0.258 e. The number of hydrogen-bond donors (Lipinski definition) is 0. The van der Waals surface area contributed by atoms with E-state index in [1.165, 1.54) is 0 Å². The van der Waals surface area contributed by atoms with E-state index >= 15 is 0 Å². The lowest BCUT2D eigenvalue weighted by atomic mass is 10.1. The molecule has 2 aromatic carbocycles. The third-order valence-corrected chi connectivity index (χ3v) is 3.89. The van der Waals surface area contributed by atoms with Crippen LogP contribution >= 0.6 is 15.9 Å². The highest BCUT2D eigenvalue weighted by Gasteiger charge is 2.13. The Hall–Kier alpha value is -2.47. The SMILES string of the molecule is CC(C)Oc1ccc(-c2noc(-c3ccc(C=O)cc3)n2)cc1Br. The van der Waals surface area contributed by atoms with Crippen molar-refractivity contribution in [2.45, 2.75) is 20.0 Å². The number of nitrogens with zero attached hydrogens (tertiary/aromatic N) is 2. The number of carbonyl (C=O) groups is 1. The van der Waals surface area contributed by atoms with Gasteiger partial charge in [-0.2, -0.15) is 4.98 Å². The van der Waals surface area contributed by atoms with Crippen molar-refractivity contribution in [2.24, 2.45) is 0 Å². The second kappa shape index (κ2) is 6.97. The second-order valence-corrected chi connectivity index (χ2v) is 6.33. The average Bonchev–Trinajstić information content (AvgIpc) is 3.06. The number of hydrogen-bond acceptors (Lipinski definition) is 5. The maximum absolute atomic E-state index is 10.7. The normalized spacial score (nSPS) is 10.8. The van der Waals surface area contributed by atoms with E-state index in [-0.39, 0.29) is 6.10 Å². The van der Waals surface area contributed by atoms with Crippen molar-refractivity contribution < 1.29 is 14.1 Å². The minimum absolute atomic E-state index is 0.0956. The van der Waals surface area contributed by atoms with Crippen molar-refractivity contribution in [2.75, 3.05) is 0 Å². The molecule has 0 fully saturated rings. The molecule has 0 aliphatic rings. The maximum Gasteiger partial charge on any atom is 0.258 e. The zero-order chi connectivity index (χ0) is 17.1. The van der Waals surface area contributed by atoms with Gasteiger partial charge < -0.3 is 9.26 Å². The first kappa shape index (κ1) is 16.4. The summed E-state index contributed by atoms with van der Waals surface area (Å²) in [4.78, 5) is 15.1. The molecule has 24 heavy (non-hydrogen) atoms. The van der Waals surface area contributed by atoms with Crippen LogP contribution in [0.25, 0.3) is 22.8 Å². The summed E-state index contributed by atoms with van der Waals surface area (Å²) in [5.74, 6) is 1.66. The van der Waals surface area contributed by atoms with Crippen molar-refractivity contribution in [3.05, 3.63) is 52.5 Å². The molecule has 0 radical (unpaired) electrons. The monoisotopic (exact) mass is 386 g/mol. The lowest BCUT2D eigenvalue weighted by Gasteiger charge is -2.11. The summed E-state index contributed by atoms with van der Waals surface area (Å²) in [6.07, 6.45) is 0.889. The zero-order valence-corrected chi connectivity index (χ0v) is 14.8. The lowest BCUT2D eigenvalue weighted by molar-refractivity contribution is 0.112. The maximum atomic E-state index is 10.7. The first-order valence-electron chi connectivity index (χ1n) is 7.42. The van der Waals surface area contributed by atoms with Gasteiger partial charge in [-0.3, -0.25) is 4.79 Å². The summed E-state index contributed by atoms with van der Waals surface area (Å²) in [5, 5.41) is 4.02. The van der Waals surface area contributed by atoms with Crippen LogP contribution in [-0.2, 0) is 0 Å². The molecule has 0 atom stereocenters. The molecule has 0 unspecified atom stereocenters. The Kier molecular flexibility index (Phi) is 4.76. The molecule has 0 amide bonds. The third-order valence-electron chi connectivity index (χ3n) is 3.27. The van der Waals surface area contributed by atoms with E-state index in [2.05, 4.69) is 26.1 Å². The summed E-state index contributed by atoms with van der Waals surface area (Å²) >= 11 is 3.50. The molecule has 0 bridgehead atoms. The molecule has 6 heteroatoms. The van der Waals surface area contributed by atoms with E-state index in [0.717, 1.165) is 27.6 Å². The summed E-state index contributed by atoms with van der Waals surface area (Å²) in [6.45, 7) is 3.95. The van der Waals surface area contributed by atoms with Crippen LogP contribution in [0, 0.1) is 0 Å². The lowest BCUT2D eigenvalue weighted by Crippen LogP contribution is -2.05. The first-order valence-corrected chi connectivity index (χ1v) is 8.22. The van der Waals surface area contributed by atoms with Crippen LogP contribution in [0.4, 0.5) is 0 Å². The number of carbonyl (C=O) groups excluding carboxylic acids is 1. The fraction of sp³-hybridized carbons (Fsp3) is 0.167. The van der Waals surface area contributed by atoms with E-state index in [0.29, 0.717) is 17.3 Å². The molecule has 3 rings (SSSR count). The summed E-state index contributed by atoms with van der Waals surface area (Å²) in [5.41, 5.74) is 2.18. The van der Waals surface area contributed by atoms with Gasteiger partial charge in [-0.25, -0.2) is 0 Å². The van der Waals surface area contributed by atoms with Gasteiger partial charge in [0.15, 0.2) is 0 Å². The molecule has 1 heterocycles. The molecule has 0 N–H and O–H groups in total. The zero-order valence-electron chi connectivity index (χ0n) is 13.2. The van der Waals surface area contributed by atoms with Crippen LogP contribution < -0.4 is 4.74 Å². The Balaban J connectivity index is 1.87. The Labute approximate surface area is 147 Å². The van der Waals surface area contributed by atoms with Crippen LogP contribution in [0.2, 0.25) is 0 Å². The van der Waals surface area contributed by atoms with Gasteiger partial charge in [-0.05, 0) is 60.1 Å². The minimum atomic E-state index is 0.0956. The second-order valence-electron chi connectivity index (χ2n) is 5.47. The van der Waals surface area contributed by atoms with E-state index in [1.54, 1.807) is 24.3 Å². The predicted octanol–water partition coefficient (Wildman–Crippen LogP) is 4.77. The van der Waals surface area contributed by atoms with Gasteiger partial charge in [0, 0.05) is 16.7 Å². The van der Waals surface area contributed by atoms with Crippen molar-refractivity contribution in [3.63, 3.8) is 0 Å². The topological polar surface area (TPSA) is 65.2 Å². The quantitative estimate of drug-likeness (QED) is 0.591. The fourth-order valence-electron chi connectivity index (χ4n) is 2.15. The molecule has 122 valence electrons. The Morgan fingerprint density at radius 2 is 1.83 bits per heavy atom. The molecule has 0 aliphatic heterocycles. The number of benzene rings is 2. The number of aromatic nitrogens is 2. The Morgan fingerprint density at radius 1 is 1.12 bits per heavy atom. The van der Waals surface area contributed by atoms with Gasteiger partial charge in [0.1, 0.15) is 12.0 Å². The highest BCUT2D eigenvalue weighted by Crippen LogP contribution is 2.31. The fourth-order valence-corrected chi connectivity index (χ4v) is 2.62. The van der Waals surface area contributed by atoms with Crippen LogP contribution in [0.5, 0.6) is 5.75 Å². The molecular formula is C18H15BrN2O3. The third kappa shape index (κ3) is 3.54. The van der Waals surface area contributed by atoms with Crippen molar-refractivity contribution in [3.8, 4) is 28.6 Å². The first-order chi connectivity index (χ1) is 11.6. The van der Waals surface area contributed by atoms with Crippen LogP contribution in [0.1, 0.15) is 24.2 Å². The highest BCUT2D eigenvalue weighted by molar-refractivity contribution is 9.10. The number of ether oxygens (including phenoxy) is 1. The Bertz CT molecular complexity index is 857. The van der Waals surface area contributed by atoms with Gasteiger partial charge in [-0.1, -0.05) is 17.3 Å². The van der Waals surface area contributed by atoms with E-state index < -0.39 is 0 Å². The van der Waals surface area contributed by atoms with Gasteiger partial charge in [0.2, 0.25) is 5.82 Å². The van der Waals surface area contributed by atoms with Gasteiger partial charge in [-0.15, -0.1) is 0 Å². The molecule has 0 saturated heterocycles. The summed E-state index contributed by atoms with van der Waals surface area (Å²) in [6, 6.07) is 12.6. The molecular weight excluding hydrogens is 372 g/mol. The minimum Gasteiger partial charge on any atom is -0.490 e. The highest BCUT2D eigenvalue weighted by atomic mass is 79.9. The number of aldehydes is 1. The number of rotatable bonds is 5. The number of halogens is 1.